The molecule has 0 bridgehead atoms. The van der Waals surface area contributed by atoms with Crippen molar-refractivity contribution in [2.75, 3.05) is 26.2 Å². The molecule has 0 aliphatic carbocycles. The van der Waals surface area contributed by atoms with Crippen molar-refractivity contribution < 1.29 is 9.50 Å². The summed E-state index contributed by atoms with van der Waals surface area (Å²) in [5.74, 6) is -0.988. The first kappa shape index (κ1) is 19.7. The molecule has 4 nitrogen and oxygen atoms in total. The lowest BCUT2D eigenvalue weighted by atomic mass is 10.00. The number of phenolic OH excluding ortho intramolecular Hbond substituents is 1. The van der Waals surface area contributed by atoms with E-state index in [1.165, 1.54) is 12.1 Å². The number of nitrogens with one attached hydrogen (secondary N) is 1. The molecule has 0 aromatic heterocycles. The lowest BCUT2D eigenvalue weighted by Crippen LogP contribution is -2.44. The number of aromatic hydroxyl groups is 1. The molecule has 1 saturated heterocycles. The highest BCUT2D eigenvalue weighted by atomic mass is 35.5. The van der Waals surface area contributed by atoms with Gasteiger partial charge in [-0.05, 0) is 6.07 Å². The van der Waals surface area contributed by atoms with E-state index in [0.717, 1.165) is 26.2 Å². The zero-order valence-corrected chi connectivity index (χ0v) is 13.0. The molecule has 7 heteroatoms. The molecule has 1 heterocycles. The van der Waals surface area contributed by atoms with Crippen LogP contribution in [0.2, 0.25) is 0 Å². The Morgan fingerprint density at radius 1 is 1.38 bits per heavy atom. The molecule has 1 aliphatic rings. The van der Waals surface area contributed by atoms with Crippen molar-refractivity contribution in [3.8, 4) is 11.8 Å². The first-order chi connectivity index (χ1) is 9.19. The van der Waals surface area contributed by atoms with Gasteiger partial charge in [-0.25, -0.2) is 4.39 Å². The van der Waals surface area contributed by atoms with Crippen molar-refractivity contribution >= 4 is 24.8 Å². The molecule has 1 aromatic carbocycles. The maximum Gasteiger partial charge on any atom is 0.144 e. The highest BCUT2D eigenvalue weighted by molar-refractivity contribution is 5.85. The van der Waals surface area contributed by atoms with E-state index in [4.69, 9.17) is 5.26 Å². The van der Waals surface area contributed by atoms with Gasteiger partial charge in [-0.1, -0.05) is 12.1 Å². The van der Waals surface area contributed by atoms with Crippen LogP contribution in [-0.2, 0) is 0 Å². The monoisotopic (exact) mass is 333 g/mol. The molecule has 1 fully saturated rings. The Morgan fingerprint density at radius 3 is 2.52 bits per heavy atom. The van der Waals surface area contributed by atoms with Gasteiger partial charge in [0.1, 0.15) is 23.2 Å². The van der Waals surface area contributed by atoms with Gasteiger partial charge in [0.15, 0.2) is 0 Å². The van der Waals surface area contributed by atoms with E-state index in [9.17, 15) is 9.50 Å². The predicted molar refractivity (Wildman–Crippen MR) is 84.7 cm³/mol. The fraction of sp³-hybridized carbons (Fsp3) is 0.357. The van der Waals surface area contributed by atoms with Crippen LogP contribution in [0.5, 0.6) is 5.75 Å². The van der Waals surface area contributed by atoms with Crippen LogP contribution in [0, 0.1) is 17.1 Å². The summed E-state index contributed by atoms with van der Waals surface area (Å²) in [7, 11) is 0. The normalized spacial score (nSPS) is 16.0. The van der Waals surface area contributed by atoms with E-state index < -0.39 is 5.82 Å². The average molecular weight is 334 g/mol. The summed E-state index contributed by atoms with van der Waals surface area (Å²) in [6, 6.07) is 4.21. The van der Waals surface area contributed by atoms with Gasteiger partial charge in [-0.3, -0.25) is 4.90 Å². The highest BCUT2D eigenvalue weighted by Gasteiger charge is 2.24. The summed E-state index contributed by atoms with van der Waals surface area (Å²) >= 11 is 0. The van der Waals surface area contributed by atoms with Crippen LogP contribution in [0.15, 0.2) is 24.8 Å². The molecule has 1 aromatic rings. The van der Waals surface area contributed by atoms with Gasteiger partial charge in [0.2, 0.25) is 0 Å². The van der Waals surface area contributed by atoms with E-state index >= 15 is 0 Å². The molecule has 2 N–H and O–H groups in total. The molecule has 0 spiro atoms. The summed E-state index contributed by atoms with van der Waals surface area (Å²) in [4.78, 5) is 2.14. The summed E-state index contributed by atoms with van der Waals surface area (Å²) in [6.07, 6.45) is 1.71. The van der Waals surface area contributed by atoms with Gasteiger partial charge in [0.25, 0.3) is 0 Å². The van der Waals surface area contributed by atoms with E-state index in [2.05, 4.69) is 16.8 Å². The minimum absolute atomic E-state index is 0. The van der Waals surface area contributed by atoms with Gasteiger partial charge in [-0.15, -0.1) is 31.4 Å². The third-order valence-electron chi connectivity index (χ3n) is 3.36. The minimum atomic E-state index is -0.702. The van der Waals surface area contributed by atoms with Crippen molar-refractivity contribution in [2.24, 2.45) is 0 Å². The molecule has 116 valence electrons. The van der Waals surface area contributed by atoms with Gasteiger partial charge in [0, 0.05) is 31.7 Å². The summed E-state index contributed by atoms with van der Waals surface area (Å²) < 4.78 is 13.4. The van der Waals surface area contributed by atoms with Gasteiger partial charge in [-0.2, -0.15) is 5.26 Å². The average Bonchev–Trinajstić information content (AvgIpc) is 2.44. The number of phenols is 1. The van der Waals surface area contributed by atoms with Gasteiger partial charge < -0.3 is 10.4 Å². The number of rotatable bonds is 3. The Kier molecular flexibility index (Phi) is 8.30. The van der Waals surface area contributed by atoms with Gasteiger partial charge >= 0.3 is 0 Å². The minimum Gasteiger partial charge on any atom is -0.506 e. The van der Waals surface area contributed by atoms with Crippen molar-refractivity contribution in [3.63, 3.8) is 0 Å². The molecule has 21 heavy (non-hydrogen) atoms. The number of benzene rings is 1. The van der Waals surface area contributed by atoms with Crippen LogP contribution in [0.1, 0.15) is 17.2 Å². The topological polar surface area (TPSA) is 59.3 Å². The number of hydrogen-bond donors (Lipinski definition) is 2. The molecular weight excluding hydrogens is 316 g/mol. The highest BCUT2D eigenvalue weighted by Crippen LogP contribution is 2.33. The third kappa shape index (κ3) is 4.08. The van der Waals surface area contributed by atoms with Crippen molar-refractivity contribution in [1.82, 2.24) is 10.2 Å². The summed E-state index contributed by atoms with van der Waals surface area (Å²) in [6.45, 7) is 7.13. The van der Waals surface area contributed by atoms with E-state index in [0.29, 0.717) is 5.56 Å². The molecule has 1 aliphatic heterocycles. The van der Waals surface area contributed by atoms with Crippen LogP contribution in [0.25, 0.3) is 0 Å². The third-order valence-corrected chi connectivity index (χ3v) is 3.36. The Morgan fingerprint density at radius 2 is 2.00 bits per heavy atom. The van der Waals surface area contributed by atoms with Gasteiger partial charge in [0.05, 0.1) is 6.04 Å². The lowest BCUT2D eigenvalue weighted by Gasteiger charge is -2.33. The van der Waals surface area contributed by atoms with Crippen molar-refractivity contribution in [1.29, 1.82) is 5.26 Å². The second-order valence-electron chi connectivity index (χ2n) is 4.44. The van der Waals surface area contributed by atoms with Crippen LogP contribution in [0.3, 0.4) is 0 Å². The summed E-state index contributed by atoms with van der Waals surface area (Å²) in [5, 5.41) is 22.2. The standard InChI is InChI=1S/C14H16FN3O.2ClH/c1-2-13(18-7-5-17-6-8-18)10-3-4-12(15)11(9-16)14(10)19;;/h2-4,13,17,19H,1,5-8H2;2*1H/t13-;;/m1../s1. The van der Waals surface area contributed by atoms with Crippen LogP contribution < -0.4 is 5.32 Å². The van der Waals surface area contributed by atoms with Crippen molar-refractivity contribution in [2.45, 2.75) is 6.04 Å². The fourth-order valence-electron chi connectivity index (χ4n) is 2.36. The zero-order valence-electron chi connectivity index (χ0n) is 11.4. The number of halogens is 3. The quantitative estimate of drug-likeness (QED) is 0.834. The van der Waals surface area contributed by atoms with E-state index in [-0.39, 0.29) is 42.2 Å². The molecule has 2 rings (SSSR count). The Labute approximate surface area is 136 Å². The molecule has 0 radical (unpaired) electrons. The molecular formula is C14H18Cl2FN3O. The second-order valence-corrected chi connectivity index (χ2v) is 4.44. The van der Waals surface area contributed by atoms with E-state index in [1.54, 1.807) is 12.1 Å². The first-order valence-electron chi connectivity index (χ1n) is 6.17. The smallest absolute Gasteiger partial charge is 0.144 e. The van der Waals surface area contributed by atoms with Crippen LogP contribution in [-0.4, -0.2) is 36.2 Å². The number of nitrogens with zero attached hydrogens (tertiary/aromatic N) is 2. The second kappa shape index (κ2) is 8.85. The summed E-state index contributed by atoms with van der Waals surface area (Å²) in [5.41, 5.74) is 0.217. The number of piperazine rings is 1. The number of hydrogen-bond acceptors (Lipinski definition) is 4. The molecule has 1 atom stereocenters. The van der Waals surface area contributed by atoms with Crippen LogP contribution >= 0.6 is 24.8 Å². The largest absolute Gasteiger partial charge is 0.506 e. The molecule has 0 unspecified atom stereocenters. The van der Waals surface area contributed by atoms with Crippen LogP contribution in [0.4, 0.5) is 4.39 Å². The molecule has 0 saturated carbocycles. The zero-order chi connectivity index (χ0) is 13.8. The predicted octanol–water partition coefficient (Wildman–Crippen LogP) is 2.38. The maximum atomic E-state index is 13.4. The fourth-order valence-corrected chi connectivity index (χ4v) is 2.36. The Balaban J connectivity index is 0.00000200. The first-order valence-corrected chi connectivity index (χ1v) is 6.17. The maximum absolute atomic E-state index is 13.4. The number of nitriles is 1. The van der Waals surface area contributed by atoms with E-state index in [1.807, 2.05) is 0 Å². The molecule has 0 amide bonds. The Bertz CT molecular complexity index is 528. The lowest BCUT2D eigenvalue weighted by molar-refractivity contribution is 0.200. The Hall–Kier alpha value is -1.32. The SMILES string of the molecule is C=C[C@H](c1ccc(F)c(C#N)c1O)N1CCNCC1.Cl.Cl. The van der Waals surface area contributed by atoms with Crippen molar-refractivity contribution in [3.05, 3.63) is 41.7 Å².